The van der Waals surface area contributed by atoms with E-state index in [1.807, 2.05) is 18.2 Å². The van der Waals surface area contributed by atoms with Crippen LogP contribution in [0.4, 0.5) is 14.5 Å². The second kappa shape index (κ2) is 7.68. The highest BCUT2D eigenvalue weighted by Gasteiger charge is 2.32. The van der Waals surface area contributed by atoms with Crippen molar-refractivity contribution in [1.82, 2.24) is 9.88 Å². The van der Waals surface area contributed by atoms with E-state index in [0.717, 1.165) is 35.6 Å². The molecule has 170 valence electrons. The molecule has 3 aromatic rings. The summed E-state index contributed by atoms with van der Waals surface area (Å²) in [6.45, 7) is 2.35. The van der Waals surface area contributed by atoms with Crippen LogP contribution in [0.2, 0.25) is 0 Å². The lowest BCUT2D eigenvalue weighted by Gasteiger charge is -2.22. The normalized spacial score (nSPS) is 15.1. The summed E-state index contributed by atoms with van der Waals surface area (Å²) in [5.74, 6) is -3.35. The van der Waals surface area contributed by atoms with E-state index in [-0.39, 0.29) is 41.6 Å². The van der Waals surface area contributed by atoms with Gasteiger partial charge in [0.25, 0.3) is 0 Å². The van der Waals surface area contributed by atoms with Crippen LogP contribution in [0, 0.1) is 11.6 Å². The lowest BCUT2D eigenvalue weighted by atomic mass is 10.1. The van der Waals surface area contributed by atoms with E-state index in [0.29, 0.717) is 6.54 Å². The predicted octanol–water partition coefficient (Wildman–Crippen LogP) is 3.47. The molecule has 0 saturated heterocycles. The smallest absolute Gasteiger partial charge is 0.341 e. The van der Waals surface area contributed by atoms with Crippen molar-refractivity contribution < 1.29 is 23.5 Å². The number of hydrogen-bond donors (Lipinski definition) is 2. The zero-order valence-corrected chi connectivity index (χ0v) is 17.8. The van der Waals surface area contributed by atoms with Crippen LogP contribution in [0.25, 0.3) is 10.9 Å². The lowest BCUT2D eigenvalue weighted by molar-refractivity contribution is -0.119. The zero-order valence-electron chi connectivity index (χ0n) is 17.8. The first kappa shape index (κ1) is 21.1. The number of aromatic nitrogens is 1. The largest absolute Gasteiger partial charge is 0.477 e. The standard InChI is InChI=1S/C24H21F2N3O4/c1-12(30)27-8-13-2-3-14-9-28(10-15(14)6-13)22-19(25)7-17-21(20(22)26)29(16-4-5-16)11-18(23(17)31)24(32)33/h2-3,6-7,11,16H,4-5,8-10H2,1H3,(H,27,30)(H,32,33). The minimum atomic E-state index is -1.42. The van der Waals surface area contributed by atoms with E-state index in [1.165, 1.54) is 17.7 Å². The Morgan fingerprint density at radius 3 is 2.55 bits per heavy atom. The van der Waals surface area contributed by atoms with Gasteiger partial charge in [-0.15, -0.1) is 0 Å². The van der Waals surface area contributed by atoms with Crippen LogP contribution < -0.4 is 15.6 Å². The van der Waals surface area contributed by atoms with Crippen LogP contribution in [0.5, 0.6) is 0 Å². The summed E-state index contributed by atoms with van der Waals surface area (Å²) in [6, 6.07) is 6.48. The van der Waals surface area contributed by atoms with Crippen LogP contribution in [0.15, 0.2) is 35.3 Å². The molecule has 9 heteroatoms. The van der Waals surface area contributed by atoms with Gasteiger partial charge >= 0.3 is 5.97 Å². The number of anilines is 1. The van der Waals surface area contributed by atoms with Crippen molar-refractivity contribution in [2.24, 2.45) is 0 Å². The number of carbonyl (C=O) groups excluding carboxylic acids is 1. The fourth-order valence-electron chi connectivity index (χ4n) is 4.46. The molecule has 1 aliphatic carbocycles. The number of halogens is 2. The van der Waals surface area contributed by atoms with Crippen molar-refractivity contribution in [3.8, 4) is 0 Å². The number of nitrogens with zero attached hydrogens (tertiary/aromatic N) is 2. The number of hydrogen-bond acceptors (Lipinski definition) is 4. The highest BCUT2D eigenvalue weighted by atomic mass is 19.1. The summed E-state index contributed by atoms with van der Waals surface area (Å²) in [5.41, 5.74) is 1.00. The number of aromatic carboxylic acids is 1. The van der Waals surface area contributed by atoms with Crippen molar-refractivity contribution in [2.45, 2.75) is 45.4 Å². The maximum atomic E-state index is 15.8. The fourth-order valence-corrected chi connectivity index (χ4v) is 4.46. The maximum Gasteiger partial charge on any atom is 0.341 e. The predicted molar refractivity (Wildman–Crippen MR) is 117 cm³/mol. The maximum absolute atomic E-state index is 15.8. The number of carbonyl (C=O) groups is 2. The van der Waals surface area contributed by atoms with Crippen LogP contribution >= 0.6 is 0 Å². The van der Waals surface area contributed by atoms with Crippen molar-refractivity contribution in [2.75, 3.05) is 4.90 Å². The average Bonchev–Trinajstić information content (AvgIpc) is 3.51. The Morgan fingerprint density at radius 1 is 1.15 bits per heavy atom. The Balaban J connectivity index is 1.58. The topological polar surface area (TPSA) is 91.6 Å². The van der Waals surface area contributed by atoms with Gasteiger partial charge in [0.05, 0.1) is 10.9 Å². The molecular formula is C24H21F2N3O4. The molecule has 0 atom stereocenters. The third-order valence-electron chi connectivity index (χ3n) is 6.21. The van der Waals surface area contributed by atoms with Gasteiger partial charge < -0.3 is 19.9 Å². The van der Waals surface area contributed by atoms with E-state index < -0.39 is 28.6 Å². The molecule has 1 aliphatic heterocycles. The summed E-state index contributed by atoms with van der Waals surface area (Å²) in [4.78, 5) is 36.9. The molecule has 1 amide bonds. The van der Waals surface area contributed by atoms with Gasteiger partial charge in [0, 0.05) is 38.8 Å². The Hall–Kier alpha value is -3.75. The number of rotatable bonds is 5. The third kappa shape index (κ3) is 3.63. The molecule has 5 rings (SSSR count). The SMILES string of the molecule is CC(=O)NCc1ccc2c(c1)CN(c1c(F)cc3c(=O)c(C(=O)O)cn(C4CC4)c3c1F)C2. The molecule has 2 N–H and O–H groups in total. The number of fused-ring (bicyclic) bond motifs is 2. The molecule has 2 aliphatic rings. The van der Waals surface area contributed by atoms with Gasteiger partial charge in [-0.25, -0.2) is 13.6 Å². The molecule has 0 unspecified atom stereocenters. The molecule has 2 heterocycles. The first-order valence-electron chi connectivity index (χ1n) is 10.6. The molecular weight excluding hydrogens is 432 g/mol. The Bertz CT molecular complexity index is 1390. The molecule has 33 heavy (non-hydrogen) atoms. The monoisotopic (exact) mass is 453 g/mol. The fraction of sp³-hybridized carbons (Fsp3) is 0.292. The van der Waals surface area contributed by atoms with Crippen molar-refractivity contribution >= 4 is 28.5 Å². The summed E-state index contributed by atoms with van der Waals surface area (Å²) in [5, 5.41) is 11.8. The van der Waals surface area contributed by atoms with Crippen LogP contribution in [0.3, 0.4) is 0 Å². The number of pyridine rings is 1. The van der Waals surface area contributed by atoms with E-state index in [2.05, 4.69) is 5.32 Å². The average molecular weight is 453 g/mol. The molecule has 0 spiro atoms. The minimum absolute atomic E-state index is 0.0637. The molecule has 2 aromatic carbocycles. The summed E-state index contributed by atoms with van der Waals surface area (Å²) < 4.78 is 32.5. The Labute approximate surface area is 187 Å². The van der Waals surface area contributed by atoms with Gasteiger partial charge in [0.1, 0.15) is 17.1 Å². The van der Waals surface area contributed by atoms with Crippen LogP contribution in [-0.4, -0.2) is 21.6 Å². The zero-order chi connectivity index (χ0) is 23.4. The van der Waals surface area contributed by atoms with Crippen LogP contribution in [-0.2, 0) is 24.4 Å². The van der Waals surface area contributed by atoms with Gasteiger partial charge in [-0.3, -0.25) is 9.59 Å². The molecule has 1 aromatic heterocycles. The number of carboxylic acids is 1. The number of amides is 1. The van der Waals surface area contributed by atoms with Crippen LogP contribution in [0.1, 0.15) is 52.9 Å². The summed E-state index contributed by atoms with van der Waals surface area (Å²) in [7, 11) is 0. The van der Waals surface area contributed by atoms with Gasteiger partial charge in [0.15, 0.2) is 5.82 Å². The van der Waals surface area contributed by atoms with E-state index in [1.54, 1.807) is 4.90 Å². The quantitative estimate of drug-likeness (QED) is 0.617. The molecule has 0 bridgehead atoms. The Kier molecular flexibility index (Phi) is 4.92. The van der Waals surface area contributed by atoms with E-state index >= 15 is 8.78 Å². The summed E-state index contributed by atoms with van der Waals surface area (Å²) >= 11 is 0. The van der Waals surface area contributed by atoms with Gasteiger partial charge in [-0.05, 0) is 35.6 Å². The second-order valence-electron chi connectivity index (χ2n) is 8.60. The van der Waals surface area contributed by atoms with Gasteiger partial charge in [0.2, 0.25) is 11.3 Å². The second-order valence-corrected chi connectivity index (χ2v) is 8.60. The summed E-state index contributed by atoms with van der Waals surface area (Å²) in [6.07, 6.45) is 2.63. The van der Waals surface area contributed by atoms with Crippen molar-refractivity contribution in [3.63, 3.8) is 0 Å². The van der Waals surface area contributed by atoms with E-state index in [9.17, 15) is 19.5 Å². The molecule has 7 nitrogen and oxygen atoms in total. The number of carboxylic acid groups (broad SMARTS) is 1. The molecule has 1 fully saturated rings. The number of benzene rings is 2. The minimum Gasteiger partial charge on any atom is -0.477 e. The molecule has 1 saturated carbocycles. The Morgan fingerprint density at radius 2 is 1.88 bits per heavy atom. The first-order valence-corrected chi connectivity index (χ1v) is 10.6. The van der Waals surface area contributed by atoms with Crippen molar-refractivity contribution in [3.05, 3.63) is 74.6 Å². The highest BCUT2D eigenvalue weighted by Crippen LogP contribution is 2.41. The van der Waals surface area contributed by atoms with E-state index in [4.69, 9.17) is 0 Å². The van der Waals surface area contributed by atoms with Crippen molar-refractivity contribution in [1.29, 1.82) is 0 Å². The highest BCUT2D eigenvalue weighted by molar-refractivity contribution is 5.94. The first-order chi connectivity index (χ1) is 15.7. The lowest BCUT2D eigenvalue weighted by Crippen LogP contribution is -2.22. The third-order valence-corrected chi connectivity index (χ3v) is 6.21. The van der Waals surface area contributed by atoms with Gasteiger partial charge in [-0.2, -0.15) is 0 Å². The molecule has 0 radical (unpaired) electrons. The number of nitrogens with one attached hydrogen (secondary N) is 1. The van der Waals surface area contributed by atoms with Gasteiger partial charge in [-0.1, -0.05) is 18.2 Å².